The Morgan fingerprint density at radius 1 is 1.28 bits per heavy atom. The Morgan fingerprint density at radius 2 is 2.03 bits per heavy atom. The summed E-state index contributed by atoms with van der Waals surface area (Å²) in [6.07, 6.45) is 0. The summed E-state index contributed by atoms with van der Waals surface area (Å²) in [4.78, 5) is 22.8. The molecule has 1 N–H and O–H groups in total. The highest BCUT2D eigenvalue weighted by molar-refractivity contribution is 5.93. The van der Waals surface area contributed by atoms with Crippen molar-refractivity contribution in [2.75, 3.05) is 0 Å². The van der Waals surface area contributed by atoms with E-state index in [1.165, 1.54) is 41.1 Å². The van der Waals surface area contributed by atoms with Gasteiger partial charge in [-0.15, -0.1) is 5.10 Å². The van der Waals surface area contributed by atoms with Crippen molar-refractivity contribution >= 4 is 11.6 Å². The number of nitro groups is 1. The number of rotatable bonds is 7. The van der Waals surface area contributed by atoms with E-state index in [2.05, 4.69) is 20.4 Å². The number of benzene rings is 2. The molecule has 0 saturated carbocycles. The Kier molecular flexibility index (Phi) is 5.77. The molecule has 3 aromatic rings. The van der Waals surface area contributed by atoms with Crippen LogP contribution in [0.3, 0.4) is 0 Å². The van der Waals surface area contributed by atoms with Gasteiger partial charge >= 0.3 is 6.61 Å². The zero-order valence-electron chi connectivity index (χ0n) is 15.1. The summed E-state index contributed by atoms with van der Waals surface area (Å²) in [5, 5.41) is 21.3. The predicted octanol–water partition coefficient (Wildman–Crippen LogP) is 3.02. The maximum atomic E-state index is 12.4. The second kappa shape index (κ2) is 8.42. The fraction of sp³-hybridized carbons (Fsp3) is 0.167. The SMILES string of the molecule is Cc1c(C(=O)NCc2cccc(OC(F)F)c2)nnn1-c1cccc([N+](=O)[O-])c1. The molecule has 0 fully saturated rings. The first-order valence-corrected chi connectivity index (χ1v) is 8.34. The number of nitrogens with zero attached hydrogens (tertiary/aromatic N) is 4. The number of nitrogens with one attached hydrogen (secondary N) is 1. The molecule has 0 aliphatic carbocycles. The third kappa shape index (κ3) is 4.69. The van der Waals surface area contributed by atoms with Crippen LogP contribution in [0.4, 0.5) is 14.5 Å². The van der Waals surface area contributed by atoms with E-state index in [-0.39, 0.29) is 23.7 Å². The Hall–Kier alpha value is -3.89. The molecule has 11 heteroatoms. The number of non-ortho nitro benzene ring substituents is 1. The topological polar surface area (TPSA) is 112 Å². The number of carbonyl (C=O) groups is 1. The monoisotopic (exact) mass is 403 g/mol. The Labute approximate surface area is 163 Å². The first kappa shape index (κ1) is 19.9. The molecule has 0 aliphatic heterocycles. The van der Waals surface area contributed by atoms with E-state index < -0.39 is 17.4 Å². The van der Waals surface area contributed by atoms with Crippen LogP contribution in [0.15, 0.2) is 48.5 Å². The van der Waals surface area contributed by atoms with Crippen LogP contribution in [0.25, 0.3) is 5.69 Å². The van der Waals surface area contributed by atoms with E-state index in [1.54, 1.807) is 19.1 Å². The van der Waals surface area contributed by atoms with E-state index in [4.69, 9.17) is 0 Å². The number of hydrogen-bond donors (Lipinski definition) is 1. The lowest BCUT2D eigenvalue weighted by molar-refractivity contribution is -0.384. The van der Waals surface area contributed by atoms with Gasteiger partial charge in [0.15, 0.2) is 5.69 Å². The minimum absolute atomic E-state index is 0.0143. The summed E-state index contributed by atoms with van der Waals surface area (Å²) in [7, 11) is 0. The molecule has 1 amide bonds. The average Bonchev–Trinajstić information content (AvgIpc) is 3.07. The minimum Gasteiger partial charge on any atom is -0.435 e. The van der Waals surface area contributed by atoms with Crippen molar-refractivity contribution in [3.63, 3.8) is 0 Å². The predicted molar refractivity (Wildman–Crippen MR) is 97.0 cm³/mol. The molecule has 0 saturated heterocycles. The van der Waals surface area contributed by atoms with Gasteiger partial charge in [0.05, 0.1) is 16.3 Å². The van der Waals surface area contributed by atoms with Crippen LogP contribution in [0.1, 0.15) is 21.7 Å². The quantitative estimate of drug-likeness (QED) is 0.479. The van der Waals surface area contributed by atoms with Crippen molar-refractivity contribution in [2.24, 2.45) is 0 Å². The van der Waals surface area contributed by atoms with Gasteiger partial charge in [-0.2, -0.15) is 8.78 Å². The van der Waals surface area contributed by atoms with Crippen molar-refractivity contribution in [1.29, 1.82) is 0 Å². The van der Waals surface area contributed by atoms with Crippen LogP contribution in [-0.4, -0.2) is 32.4 Å². The molecule has 1 heterocycles. The largest absolute Gasteiger partial charge is 0.435 e. The molecule has 0 radical (unpaired) electrons. The van der Waals surface area contributed by atoms with Crippen molar-refractivity contribution in [3.8, 4) is 11.4 Å². The molecule has 0 atom stereocenters. The third-order valence-corrected chi connectivity index (χ3v) is 3.97. The molecular weight excluding hydrogens is 388 g/mol. The first-order valence-electron chi connectivity index (χ1n) is 8.34. The maximum absolute atomic E-state index is 12.4. The molecule has 0 unspecified atom stereocenters. The molecule has 3 rings (SSSR count). The highest BCUT2D eigenvalue weighted by Gasteiger charge is 2.18. The van der Waals surface area contributed by atoms with Gasteiger partial charge in [0.1, 0.15) is 5.75 Å². The molecule has 0 spiro atoms. The number of hydrogen-bond acceptors (Lipinski definition) is 6. The van der Waals surface area contributed by atoms with E-state index in [9.17, 15) is 23.7 Å². The van der Waals surface area contributed by atoms with Gasteiger partial charge in [-0.25, -0.2) is 4.68 Å². The maximum Gasteiger partial charge on any atom is 0.387 e. The summed E-state index contributed by atoms with van der Waals surface area (Å²) >= 11 is 0. The second-order valence-corrected chi connectivity index (χ2v) is 5.92. The van der Waals surface area contributed by atoms with Gasteiger partial charge in [0.2, 0.25) is 0 Å². The lowest BCUT2D eigenvalue weighted by atomic mass is 10.2. The number of aromatic nitrogens is 3. The van der Waals surface area contributed by atoms with E-state index in [0.717, 1.165) is 0 Å². The summed E-state index contributed by atoms with van der Waals surface area (Å²) in [5.41, 5.74) is 1.25. The van der Waals surface area contributed by atoms with Crippen LogP contribution < -0.4 is 10.1 Å². The van der Waals surface area contributed by atoms with Gasteiger partial charge in [-0.1, -0.05) is 23.4 Å². The number of amides is 1. The highest BCUT2D eigenvalue weighted by Crippen LogP contribution is 2.19. The zero-order chi connectivity index (χ0) is 21.0. The third-order valence-electron chi connectivity index (χ3n) is 3.97. The second-order valence-electron chi connectivity index (χ2n) is 5.92. The smallest absolute Gasteiger partial charge is 0.387 e. The van der Waals surface area contributed by atoms with Crippen LogP contribution in [-0.2, 0) is 6.54 Å². The van der Waals surface area contributed by atoms with Gasteiger partial charge in [-0.3, -0.25) is 14.9 Å². The lowest BCUT2D eigenvalue weighted by Gasteiger charge is -2.08. The molecule has 150 valence electrons. The number of alkyl halides is 2. The van der Waals surface area contributed by atoms with Crippen LogP contribution in [0, 0.1) is 17.0 Å². The number of halogens is 2. The summed E-state index contributed by atoms with van der Waals surface area (Å²) in [6.45, 7) is -1.28. The Morgan fingerprint density at radius 3 is 2.76 bits per heavy atom. The van der Waals surface area contributed by atoms with E-state index >= 15 is 0 Å². The zero-order valence-corrected chi connectivity index (χ0v) is 15.1. The average molecular weight is 403 g/mol. The number of nitro benzene ring substituents is 1. The normalized spacial score (nSPS) is 10.8. The molecule has 0 aliphatic rings. The molecule has 1 aromatic heterocycles. The molecule has 29 heavy (non-hydrogen) atoms. The first-order chi connectivity index (χ1) is 13.8. The van der Waals surface area contributed by atoms with Crippen LogP contribution >= 0.6 is 0 Å². The van der Waals surface area contributed by atoms with Crippen LogP contribution in [0.5, 0.6) is 5.75 Å². The van der Waals surface area contributed by atoms with Gasteiger partial charge < -0.3 is 10.1 Å². The molecule has 2 aromatic carbocycles. The lowest BCUT2D eigenvalue weighted by Crippen LogP contribution is -2.24. The number of carbonyl (C=O) groups excluding carboxylic acids is 1. The molecule has 9 nitrogen and oxygen atoms in total. The van der Waals surface area contributed by atoms with Gasteiger partial charge in [-0.05, 0) is 30.7 Å². The van der Waals surface area contributed by atoms with Crippen molar-refractivity contribution < 1.29 is 23.2 Å². The fourth-order valence-corrected chi connectivity index (χ4v) is 2.62. The van der Waals surface area contributed by atoms with E-state index in [1.807, 2.05) is 0 Å². The van der Waals surface area contributed by atoms with Gasteiger partial charge in [0, 0.05) is 18.7 Å². The van der Waals surface area contributed by atoms with Gasteiger partial charge in [0.25, 0.3) is 11.6 Å². The van der Waals surface area contributed by atoms with Crippen LogP contribution in [0.2, 0.25) is 0 Å². The Balaban J connectivity index is 1.73. The molecule has 0 bridgehead atoms. The summed E-state index contributed by atoms with van der Waals surface area (Å²) < 4.78 is 30.2. The standard InChI is InChI=1S/C18H15F2N5O4/c1-11-16(22-23-24(11)13-5-3-6-14(9-13)25(27)28)17(26)21-10-12-4-2-7-15(8-12)29-18(19)20/h2-9,18H,10H2,1H3,(H,21,26). The highest BCUT2D eigenvalue weighted by atomic mass is 19.3. The van der Waals surface area contributed by atoms with Crippen molar-refractivity contribution in [2.45, 2.75) is 20.1 Å². The Bertz CT molecular complexity index is 1050. The van der Waals surface area contributed by atoms with E-state index in [0.29, 0.717) is 16.9 Å². The van der Waals surface area contributed by atoms with Crippen molar-refractivity contribution in [3.05, 3.63) is 75.6 Å². The molecular formula is C18H15F2N5O4. The number of ether oxygens (including phenoxy) is 1. The summed E-state index contributed by atoms with van der Waals surface area (Å²) in [6, 6.07) is 11.7. The summed E-state index contributed by atoms with van der Waals surface area (Å²) in [5.74, 6) is -0.543. The minimum atomic E-state index is -2.94. The van der Waals surface area contributed by atoms with Crippen molar-refractivity contribution in [1.82, 2.24) is 20.3 Å². The fourth-order valence-electron chi connectivity index (χ4n) is 2.62.